The Bertz CT molecular complexity index is 683. The smallest absolute Gasteiger partial charge is 0.152 e. The Morgan fingerprint density at radius 1 is 1.08 bits per heavy atom. The van der Waals surface area contributed by atoms with Crippen LogP contribution in [-0.4, -0.2) is 43.0 Å². The third-order valence-corrected chi connectivity index (χ3v) is 4.35. The summed E-state index contributed by atoms with van der Waals surface area (Å²) in [4.78, 5) is 11.7. The third kappa shape index (κ3) is 3.26. The van der Waals surface area contributed by atoms with Crippen molar-refractivity contribution in [2.24, 2.45) is 0 Å². The van der Waals surface area contributed by atoms with Gasteiger partial charge >= 0.3 is 0 Å². The monoisotopic (exact) mass is 330 g/mol. The van der Waals surface area contributed by atoms with E-state index in [2.05, 4.69) is 53.4 Å². The molecule has 1 N–H and O–H groups in total. The molecule has 2 aromatic heterocycles. The molecule has 2 aromatic rings. The standard InChI is InChI=1S/C17H26N6O/c1-11(2)13-9-15(19-17(18-13)12(3)4)22-6-7-23-14(5-8-24)20-21-16(23)10-22/h9,11-12,24H,5-8,10H2,1-4H3. The zero-order valence-electron chi connectivity index (χ0n) is 14.9. The van der Waals surface area contributed by atoms with Crippen molar-refractivity contribution in [1.82, 2.24) is 24.7 Å². The molecule has 1 aliphatic rings. The lowest BCUT2D eigenvalue weighted by Gasteiger charge is -2.29. The first-order valence-corrected chi connectivity index (χ1v) is 8.65. The molecule has 0 saturated carbocycles. The molecule has 24 heavy (non-hydrogen) atoms. The minimum atomic E-state index is 0.100. The van der Waals surface area contributed by atoms with Gasteiger partial charge in [0.05, 0.1) is 13.2 Å². The van der Waals surface area contributed by atoms with Crippen LogP contribution >= 0.6 is 0 Å². The highest BCUT2D eigenvalue weighted by molar-refractivity contribution is 5.42. The molecule has 0 amide bonds. The lowest BCUT2D eigenvalue weighted by atomic mass is 10.1. The van der Waals surface area contributed by atoms with Gasteiger partial charge in [-0.3, -0.25) is 0 Å². The van der Waals surface area contributed by atoms with Gasteiger partial charge in [0, 0.05) is 37.2 Å². The van der Waals surface area contributed by atoms with Crippen LogP contribution in [0, 0.1) is 0 Å². The summed E-state index contributed by atoms with van der Waals surface area (Å²) in [7, 11) is 0. The number of hydrogen-bond donors (Lipinski definition) is 1. The van der Waals surface area contributed by atoms with Crippen molar-refractivity contribution >= 4 is 5.82 Å². The van der Waals surface area contributed by atoms with Gasteiger partial charge in [0.15, 0.2) is 5.82 Å². The maximum absolute atomic E-state index is 9.13. The molecule has 3 rings (SSSR count). The largest absolute Gasteiger partial charge is 0.396 e. The molecule has 7 heteroatoms. The summed E-state index contributed by atoms with van der Waals surface area (Å²) in [5.41, 5.74) is 1.08. The fourth-order valence-corrected chi connectivity index (χ4v) is 2.89. The second-order valence-electron chi connectivity index (χ2n) is 6.90. The van der Waals surface area contributed by atoms with Gasteiger partial charge in [-0.05, 0) is 5.92 Å². The fraction of sp³-hybridized carbons (Fsp3) is 0.647. The number of fused-ring (bicyclic) bond motifs is 1. The fourth-order valence-electron chi connectivity index (χ4n) is 2.89. The number of hydrogen-bond acceptors (Lipinski definition) is 6. The quantitative estimate of drug-likeness (QED) is 0.901. The molecular weight excluding hydrogens is 304 g/mol. The van der Waals surface area contributed by atoms with Gasteiger partial charge < -0.3 is 14.6 Å². The summed E-state index contributed by atoms with van der Waals surface area (Å²) >= 11 is 0. The van der Waals surface area contributed by atoms with Crippen LogP contribution in [0.4, 0.5) is 5.82 Å². The van der Waals surface area contributed by atoms with Crippen LogP contribution in [0.15, 0.2) is 6.07 Å². The molecule has 0 spiro atoms. The minimum Gasteiger partial charge on any atom is -0.396 e. The second-order valence-corrected chi connectivity index (χ2v) is 6.90. The van der Waals surface area contributed by atoms with E-state index < -0.39 is 0 Å². The Morgan fingerprint density at radius 2 is 1.88 bits per heavy atom. The minimum absolute atomic E-state index is 0.100. The summed E-state index contributed by atoms with van der Waals surface area (Å²) in [6.45, 7) is 11.0. The number of nitrogens with zero attached hydrogens (tertiary/aromatic N) is 6. The van der Waals surface area contributed by atoms with Crippen LogP contribution in [0.25, 0.3) is 0 Å². The lowest BCUT2D eigenvalue weighted by Crippen LogP contribution is -2.35. The normalized spacial score (nSPS) is 14.5. The predicted molar refractivity (Wildman–Crippen MR) is 92.1 cm³/mol. The summed E-state index contributed by atoms with van der Waals surface area (Å²) in [5.74, 6) is 4.32. The number of aliphatic hydroxyl groups is 1. The van der Waals surface area contributed by atoms with E-state index in [1.54, 1.807) is 0 Å². The molecule has 0 aromatic carbocycles. The summed E-state index contributed by atoms with van der Waals surface area (Å²) < 4.78 is 2.11. The second kappa shape index (κ2) is 6.84. The Kier molecular flexibility index (Phi) is 4.80. The maximum atomic E-state index is 9.13. The first-order valence-electron chi connectivity index (χ1n) is 8.65. The number of rotatable bonds is 5. The molecule has 0 saturated heterocycles. The third-order valence-electron chi connectivity index (χ3n) is 4.35. The Balaban J connectivity index is 1.89. The van der Waals surface area contributed by atoms with Crippen molar-refractivity contribution in [3.05, 3.63) is 29.2 Å². The topological polar surface area (TPSA) is 80.0 Å². The van der Waals surface area contributed by atoms with E-state index in [4.69, 9.17) is 15.1 Å². The molecule has 0 aliphatic carbocycles. The summed E-state index contributed by atoms with van der Waals surface area (Å²) in [6, 6.07) is 2.09. The van der Waals surface area contributed by atoms with E-state index in [0.717, 1.165) is 42.1 Å². The summed E-state index contributed by atoms with van der Waals surface area (Å²) in [6.07, 6.45) is 0.551. The molecule has 0 unspecified atom stereocenters. The Morgan fingerprint density at radius 3 is 2.54 bits per heavy atom. The van der Waals surface area contributed by atoms with Crippen molar-refractivity contribution < 1.29 is 5.11 Å². The molecule has 7 nitrogen and oxygen atoms in total. The van der Waals surface area contributed by atoms with Gasteiger partial charge in [0.2, 0.25) is 0 Å². The van der Waals surface area contributed by atoms with Gasteiger partial charge in [-0.15, -0.1) is 10.2 Å². The Labute approximate surface area is 142 Å². The molecule has 3 heterocycles. The molecular formula is C17H26N6O. The zero-order chi connectivity index (χ0) is 17.3. The number of aromatic nitrogens is 5. The average Bonchev–Trinajstić information content (AvgIpc) is 2.97. The van der Waals surface area contributed by atoms with E-state index in [-0.39, 0.29) is 6.61 Å². The van der Waals surface area contributed by atoms with E-state index in [1.165, 1.54) is 0 Å². The number of anilines is 1. The van der Waals surface area contributed by atoms with E-state index in [0.29, 0.717) is 24.8 Å². The number of aliphatic hydroxyl groups excluding tert-OH is 1. The van der Waals surface area contributed by atoms with Crippen LogP contribution in [0.5, 0.6) is 0 Å². The van der Waals surface area contributed by atoms with E-state index in [9.17, 15) is 0 Å². The van der Waals surface area contributed by atoms with Crippen molar-refractivity contribution in [2.75, 3.05) is 18.1 Å². The average molecular weight is 330 g/mol. The Hall–Kier alpha value is -2.02. The van der Waals surface area contributed by atoms with Crippen molar-refractivity contribution in [2.45, 2.75) is 59.0 Å². The molecule has 1 aliphatic heterocycles. The van der Waals surface area contributed by atoms with Crippen molar-refractivity contribution in [3.63, 3.8) is 0 Å². The molecule has 130 valence electrons. The van der Waals surface area contributed by atoms with E-state index >= 15 is 0 Å². The van der Waals surface area contributed by atoms with Crippen LogP contribution in [-0.2, 0) is 19.5 Å². The highest BCUT2D eigenvalue weighted by Gasteiger charge is 2.23. The van der Waals surface area contributed by atoms with Gasteiger partial charge in [-0.1, -0.05) is 27.7 Å². The van der Waals surface area contributed by atoms with Crippen LogP contribution in [0.3, 0.4) is 0 Å². The van der Waals surface area contributed by atoms with Gasteiger partial charge in [-0.25, -0.2) is 9.97 Å². The van der Waals surface area contributed by atoms with Gasteiger partial charge in [0.25, 0.3) is 0 Å². The summed E-state index contributed by atoms with van der Waals surface area (Å²) in [5, 5.41) is 17.6. The lowest BCUT2D eigenvalue weighted by molar-refractivity contribution is 0.294. The van der Waals surface area contributed by atoms with Crippen LogP contribution in [0.2, 0.25) is 0 Å². The predicted octanol–water partition coefficient (Wildman–Crippen LogP) is 1.87. The van der Waals surface area contributed by atoms with Crippen molar-refractivity contribution in [3.8, 4) is 0 Å². The molecule has 0 bridgehead atoms. The van der Waals surface area contributed by atoms with Crippen molar-refractivity contribution in [1.29, 1.82) is 0 Å². The highest BCUT2D eigenvalue weighted by Crippen LogP contribution is 2.24. The van der Waals surface area contributed by atoms with Gasteiger partial charge in [0.1, 0.15) is 17.5 Å². The van der Waals surface area contributed by atoms with Gasteiger partial charge in [-0.2, -0.15) is 0 Å². The van der Waals surface area contributed by atoms with Crippen LogP contribution < -0.4 is 4.90 Å². The SMILES string of the molecule is CC(C)c1cc(N2CCn3c(CCO)nnc3C2)nc(C(C)C)n1. The molecule has 0 atom stereocenters. The van der Waals surface area contributed by atoms with Crippen LogP contribution in [0.1, 0.15) is 62.7 Å². The highest BCUT2D eigenvalue weighted by atomic mass is 16.3. The zero-order valence-corrected chi connectivity index (χ0v) is 14.9. The first-order chi connectivity index (χ1) is 11.5. The molecule has 0 radical (unpaired) electrons. The van der Waals surface area contributed by atoms with E-state index in [1.807, 2.05) is 0 Å². The molecule has 0 fully saturated rings. The maximum Gasteiger partial charge on any atom is 0.152 e. The first kappa shape index (κ1) is 16.8.